The van der Waals surface area contributed by atoms with Gasteiger partial charge in [-0.1, -0.05) is 26.2 Å². The molecule has 0 aromatic carbocycles. The van der Waals surface area contributed by atoms with Crippen molar-refractivity contribution in [2.45, 2.75) is 57.9 Å². The Bertz CT molecular complexity index is 205. The van der Waals surface area contributed by atoms with Crippen LogP contribution in [0.4, 0.5) is 0 Å². The molecule has 0 bridgehead atoms. The van der Waals surface area contributed by atoms with Crippen LogP contribution in [0.25, 0.3) is 0 Å². The van der Waals surface area contributed by atoms with E-state index in [0.29, 0.717) is 5.41 Å². The van der Waals surface area contributed by atoms with Crippen molar-refractivity contribution < 1.29 is 4.74 Å². The van der Waals surface area contributed by atoms with Crippen molar-refractivity contribution in [2.75, 3.05) is 26.8 Å². The molecule has 2 heteroatoms. The first-order valence-corrected chi connectivity index (χ1v) is 7.03. The summed E-state index contributed by atoms with van der Waals surface area (Å²) in [5, 5.41) is 0. The molecule has 0 atom stereocenters. The lowest BCUT2D eigenvalue weighted by Crippen LogP contribution is -2.60. The summed E-state index contributed by atoms with van der Waals surface area (Å²) in [5.41, 5.74) is 0.591. The normalized spacial score (nSPS) is 26.6. The lowest BCUT2D eigenvalue weighted by atomic mass is 9.73. The first-order chi connectivity index (χ1) is 7.79. The maximum Gasteiger partial charge on any atom is 0.0468 e. The fraction of sp³-hybridized carbons (Fsp3) is 1.00. The van der Waals surface area contributed by atoms with Gasteiger partial charge in [0, 0.05) is 32.8 Å². The van der Waals surface area contributed by atoms with Crippen LogP contribution in [-0.2, 0) is 4.74 Å². The second-order valence-electron chi connectivity index (χ2n) is 5.79. The first-order valence-electron chi connectivity index (χ1n) is 7.03. The topological polar surface area (TPSA) is 12.5 Å². The Morgan fingerprint density at radius 3 is 2.44 bits per heavy atom. The number of nitrogens with zero attached hydrogens (tertiary/aromatic N) is 1. The lowest BCUT2D eigenvalue weighted by Gasteiger charge is -2.54. The van der Waals surface area contributed by atoms with Crippen LogP contribution in [0.15, 0.2) is 0 Å². The van der Waals surface area contributed by atoms with Crippen molar-refractivity contribution in [3.05, 3.63) is 0 Å². The third-order valence-electron chi connectivity index (χ3n) is 4.75. The van der Waals surface area contributed by atoms with E-state index in [1.807, 2.05) is 7.11 Å². The van der Waals surface area contributed by atoms with Crippen molar-refractivity contribution in [3.8, 4) is 0 Å². The minimum Gasteiger partial charge on any atom is -0.385 e. The van der Waals surface area contributed by atoms with Gasteiger partial charge in [-0.05, 0) is 31.1 Å². The minimum atomic E-state index is 0.591. The highest BCUT2D eigenvalue weighted by Crippen LogP contribution is 2.40. The molecule has 2 rings (SSSR count). The summed E-state index contributed by atoms with van der Waals surface area (Å²) in [6.45, 7) is 5.94. The number of hydrogen-bond acceptors (Lipinski definition) is 2. The molecule has 94 valence electrons. The van der Waals surface area contributed by atoms with E-state index in [9.17, 15) is 0 Å². The van der Waals surface area contributed by atoms with Crippen molar-refractivity contribution in [3.63, 3.8) is 0 Å². The van der Waals surface area contributed by atoms with Crippen molar-refractivity contribution in [1.29, 1.82) is 0 Å². The van der Waals surface area contributed by atoms with E-state index in [2.05, 4.69) is 11.8 Å². The molecule has 1 aliphatic heterocycles. The van der Waals surface area contributed by atoms with Crippen molar-refractivity contribution >= 4 is 0 Å². The van der Waals surface area contributed by atoms with Crippen LogP contribution in [0.1, 0.15) is 51.9 Å². The lowest BCUT2D eigenvalue weighted by molar-refractivity contribution is -0.0591. The molecule has 0 N–H and O–H groups in total. The summed E-state index contributed by atoms with van der Waals surface area (Å²) < 4.78 is 5.24. The predicted octanol–water partition coefficient (Wildman–Crippen LogP) is 3.07. The van der Waals surface area contributed by atoms with Gasteiger partial charge in [0.1, 0.15) is 0 Å². The van der Waals surface area contributed by atoms with Gasteiger partial charge in [-0.25, -0.2) is 0 Å². The van der Waals surface area contributed by atoms with Gasteiger partial charge in [-0.15, -0.1) is 0 Å². The van der Waals surface area contributed by atoms with Gasteiger partial charge in [-0.2, -0.15) is 0 Å². The third kappa shape index (κ3) is 2.60. The Morgan fingerprint density at radius 2 is 1.88 bits per heavy atom. The molecule has 1 heterocycles. The standard InChI is InChI=1S/C14H27NO/c1-3-14(9-10-16-2)11-15(12-14)13-7-5-4-6-8-13/h13H,3-12H2,1-2H3. The van der Waals surface area contributed by atoms with Crippen LogP contribution in [0.5, 0.6) is 0 Å². The Morgan fingerprint density at radius 1 is 1.19 bits per heavy atom. The average molecular weight is 225 g/mol. The highest BCUT2D eigenvalue weighted by atomic mass is 16.5. The fourth-order valence-electron chi connectivity index (χ4n) is 3.40. The van der Waals surface area contributed by atoms with E-state index in [4.69, 9.17) is 4.74 Å². The number of rotatable bonds is 5. The zero-order chi connectivity index (χ0) is 11.4. The summed E-state index contributed by atoms with van der Waals surface area (Å²) >= 11 is 0. The summed E-state index contributed by atoms with van der Waals surface area (Å²) in [7, 11) is 1.82. The Kier molecular flexibility index (Phi) is 4.26. The van der Waals surface area contributed by atoms with Crippen LogP contribution in [-0.4, -0.2) is 37.7 Å². The molecule has 16 heavy (non-hydrogen) atoms. The molecular formula is C14H27NO. The van der Waals surface area contributed by atoms with Gasteiger partial charge in [-0.3, -0.25) is 4.90 Å². The van der Waals surface area contributed by atoms with E-state index in [1.54, 1.807) is 0 Å². The number of hydrogen-bond donors (Lipinski definition) is 0. The number of ether oxygens (including phenoxy) is 1. The molecule has 0 radical (unpaired) electrons. The first kappa shape index (κ1) is 12.4. The molecule has 0 amide bonds. The third-order valence-corrected chi connectivity index (χ3v) is 4.75. The summed E-state index contributed by atoms with van der Waals surface area (Å²) in [5.74, 6) is 0. The molecule has 0 aromatic rings. The van der Waals surface area contributed by atoms with E-state index in [1.165, 1.54) is 58.0 Å². The van der Waals surface area contributed by atoms with E-state index in [0.717, 1.165) is 12.6 Å². The van der Waals surface area contributed by atoms with Crippen LogP contribution in [0, 0.1) is 5.41 Å². The molecule has 0 spiro atoms. The fourth-order valence-corrected chi connectivity index (χ4v) is 3.40. The molecular weight excluding hydrogens is 198 g/mol. The molecule has 0 unspecified atom stereocenters. The molecule has 0 aromatic heterocycles. The molecule has 1 saturated heterocycles. The van der Waals surface area contributed by atoms with E-state index >= 15 is 0 Å². The van der Waals surface area contributed by atoms with Gasteiger partial charge >= 0.3 is 0 Å². The zero-order valence-corrected chi connectivity index (χ0v) is 11.0. The Hall–Kier alpha value is -0.0800. The molecule has 2 aliphatic rings. The second-order valence-corrected chi connectivity index (χ2v) is 5.79. The SMILES string of the molecule is CCC1(CCOC)CN(C2CCCCC2)C1. The van der Waals surface area contributed by atoms with Gasteiger partial charge in [0.15, 0.2) is 0 Å². The molecule has 1 saturated carbocycles. The highest BCUT2D eigenvalue weighted by molar-refractivity contribution is 4.97. The molecule has 2 fully saturated rings. The van der Waals surface area contributed by atoms with Crippen molar-refractivity contribution in [2.24, 2.45) is 5.41 Å². The summed E-state index contributed by atoms with van der Waals surface area (Å²) in [4.78, 5) is 2.73. The maximum absolute atomic E-state index is 5.24. The minimum absolute atomic E-state index is 0.591. The highest BCUT2D eigenvalue weighted by Gasteiger charge is 2.43. The molecule has 1 aliphatic carbocycles. The average Bonchev–Trinajstić information content (AvgIpc) is 2.29. The molecule has 2 nitrogen and oxygen atoms in total. The van der Waals surface area contributed by atoms with Gasteiger partial charge < -0.3 is 4.74 Å². The van der Waals surface area contributed by atoms with Crippen molar-refractivity contribution in [1.82, 2.24) is 4.90 Å². The quantitative estimate of drug-likeness (QED) is 0.713. The van der Waals surface area contributed by atoms with Gasteiger partial charge in [0.2, 0.25) is 0 Å². The Labute approximate surface area is 100 Å². The second kappa shape index (κ2) is 5.50. The van der Waals surface area contributed by atoms with E-state index < -0.39 is 0 Å². The van der Waals surface area contributed by atoms with E-state index in [-0.39, 0.29) is 0 Å². The van der Waals surface area contributed by atoms with Gasteiger partial charge in [0.05, 0.1) is 0 Å². The predicted molar refractivity (Wildman–Crippen MR) is 67.7 cm³/mol. The smallest absolute Gasteiger partial charge is 0.0468 e. The summed E-state index contributed by atoms with van der Waals surface area (Å²) in [6, 6.07) is 0.913. The summed E-state index contributed by atoms with van der Waals surface area (Å²) in [6.07, 6.45) is 9.85. The van der Waals surface area contributed by atoms with Gasteiger partial charge in [0.25, 0.3) is 0 Å². The van der Waals surface area contributed by atoms with Crippen LogP contribution in [0.2, 0.25) is 0 Å². The Balaban J connectivity index is 1.77. The number of likely N-dealkylation sites (tertiary alicyclic amines) is 1. The monoisotopic (exact) mass is 225 g/mol. The van der Waals surface area contributed by atoms with Crippen LogP contribution < -0.4 is 0 Å². The maximum atomic E-state index is 5.24. The number of methoxy groups -OCH3 is 1. The largest absolute Gasteiger partial charge is 0.385 e. The van der Waals surface area contributed by atoms with Crippen LogP contribution >= 0.6 is 0 Å². The van der Waals surface area contributed by atoms with Crippen LogP contribution in [0.3, 0.4) is 0 Å². The zero-order valence-electron chi connectivity index (χ0n) is 11.0.